The molecule has 0 aromatic carbocycles. The minimum atomic E-state index is -3.10. The van der Waals surface area contributed by atoms with Gasteiger partial charge >= 0.3 is 51.4 Å². The molecular weight excluding hydrogens is 221 g/mol. The Hall–Kier alpha value is 0.756. The van der Waals surface area contributed by atoms with E-state index in [1.165, 1.54) is 6.08 Å². The zero-order chi connectivity index (χ0) is 9.19. The number of carbonyl (C=O) groups is 1. The van der Waals surface area contributed by atoms with Gasteiger partial charge in [0.1, 0.15) is 0 Å². The van der Waals surface area contributed by atoms with E-state index >= 15 is 0 Å². The molecule has 1 atom stereocenters. The first-order valence-electron chi connectivity index (χ1n) is 3.34. The molecule has 0 bridgehead atoms. The van der Waals surface area contributed by atoms with Crippen LogP contribution in [0.4, 0.5) is 0 Å². The van der Waals surface area contributed by atoms with Crippen molar-refractivity contribution in [1.82, 2.24) is 5.32 Å². The molecule has 0 radical (unpaired) electrons. The van der Waals surface area contributed by atoms with E-state index in [2.05, 4.69) is 5.32 Å². The van der Waals surface area contributed by atoms with Gasteiger partial charge in [-0.15, -0.1) is 0 Å². The fraction of sp³-hybridized carbons (Fsp3) is 0.500. The Labute approximate surface area is 119 Å². The van der Waals surface area contributed by atoms with Crippen molar-refractivity contribution in [2.75, 3.05) is 12.3 Å². The molecule has 1 aliphatic heterocycles. The average molecular weight is 229 g/mol. The van der Waals surface area contributed by atoms with Crippen LogP contribution in [0.2, 0.25) is 0 Å². The number of sulfone groups is 1. The van der Waals surface area contributed by atoms with Crippen molar-refractivity contribution in [1.29, 1.82) is 0 Å². The van der Waals surface area contributed by atoms with Crippen LogP contribution in [0.5, 0.6) is 0 Å². The van der Waals surface area contributed by atoms with Crippen molar-refractivity contribution in [3.05, 3.63) is 11.5 Å². The third-order valence-corrected chi connectivity index (χ3v) is 2.83. The first-order chi connectivity index (χ1) is 5.49. The second-order valence-electron chi connectivity index (χ2n) is 2.52. The standard InChI is InChI=1S/C6H9NO4S.K/c8-6(9)3-7-5-1-2-12(10,11)4-5;/h1-2,5,7H,3-4H2,(H,8,9);/q;+1/p-1. The number of aliphatic carboxylic acids is 1. The van der Waals surface area contributed by atoms with Gasteiger partial charge in [0.15, 0.2) is 9.84 Å². The van der Waals surface area contributed by atoms with Crippen LogP contribution in [-0.2, 0) is 14.6 Å². The summed E-state index contributed by atoms with van der Waals surface area (Å²) in [5.74, 6) is -1.31. The third kappa shape index (κ3) is 5.26. The molecule has 0 aliphatic carbocycles. The number of carbonyl (C=O) groups excluding carboxylic acids is 1. The van der Waals surface area contributed by atoms with Gasteiger partial charge in [-0.05, 0) is 0 Å². The molecule has 68 valence electrons. The van der Waals surface area contributed by atoms with Crippen molar-refractivity contribution in [3.63, 3.8) is 0 Å². The molecule has 1 rings (SSSR count). The normalized spacial score (nSPS) is 23.8. The average Bonchev–Trinajstić information content (AvgIpc) is 2.26. The van der Waals surface area contributed by atoms with Crippen LogP contribution in [-0.4, -0.2) is 32.7 Å². The summed E-state index contributed by atoms with van der Waals surface area (Å²) in [6.45, 7) is -0.329. The summed E-state index contributed by atoms with van der Waals surface area (Å²) in [6, 6.07) is -0.395. The van der Waals surface area contributed by atoms with Gasteiger partial charge in [0, 0.05) is 18.0 Å². The Morgan fingerprint density at radius 2 is 2.23 bits per heavy atom. The monoisotopic (exact) mass is 229 g/mol. The number of carboxylic acids is 1. The molecule has 1 unspecified atom stereocenters. The van der Waals surface area contributed by atoms with Gasteiger partial charge < -0.3 is 15.2 Å². The molecule has 0 saturated heterocycles. The van der Waals surface area contributed by atoms with Gasteiger partial charge in [-0.2, -0.15) is 0 Å². The second kappa shape index (κ2) is 5.59. The van der Waals surface area contributed by atoms with E-state index in [-0.39, 0.29) is 63.7 Å². The molecule has 13 heavy (non-hydrogen) atoms. The van der Waals surface area contributed by atoms with Crippen LogP contribution in [0, 0.1) is 0 Å². The topological polar surface area (TPSA) is 86.3 Å². The van der Waals surface area contributed by atoms with E-state index in [9.17, 15) is 18.3 Å². The Bertz CT molecular complexity index is 311. The summed E-state index contributed by atoms with van der Waals surface area (Å²) in [5.41, 5.74) is 0. The first kappa shape index (κ1) is 13.8. The van der Waals surface area contributed by atoms with Crippen LogP contribution in [0.3, 0.4) is 0 Å². The number of hydrogen-bond acceptors (Lipinski definition) is 5. The summed E-state index contributed by atoms with van der Waals surface area (Å²) in [6.07, 6.45) is 1.43. The van der Waals surface area contributed by atoms with Crippen LogP contribution >= 0.6 is 0 Å². The minimum Gasteiger partial charge on any atom is -0.549 e. The number of rotatable bonds is 3. The predicted molar refractivity (Wildman–Crippen MR) is 39.7 cm³/mol. The van der Waals surface area contributed by atoms with Crippen molar-refractivity contribution < 1.29 is 69.7 Å². The van der Waals surface area contributed by atoms with Gasteiger partial charge in [-0.3, -0.25) is 0 Å². The summed E-state index contributed by atoms with van der Waals surface area (Å²) < 4.78 is 21.6. The quantitative estimate of drug-likeness (QED) is 0.488. The van der Waals surface area contributed by atoms with Gasteiger partial charge in [-0.25, -0.2) is 8.42 Å². The maximum atomic E-state index is 10.8. The Morgan fingerprint density at radius 3 is 2.62 bits per heavy atom. The molecule has 0 aromatic rings. The van der Waals surface area contributed by atoms with Crippen molar-refractivity contribution in [2.45, 2.75) is 6.04 Å². The molecule has 0 spiro atoms. The van der Waals surface area contributed by atoms with Crippen molar-refractivity contribution in [2.24, 2.45) is 0 Å². The largest absolute Gasteiger partial charge is 1.00 e. The summed E-state index contributed by atoms with van der Waals surface area (Å²) in [7, 11) is -3.10. The minimum absolute atomic E-state index is 0. The number of nitrogens with one attached hydrogen (secondary N) is 1. The molecular formula is C6H8KNO4S. The Morgan fingerprint density at radius 1 is 1.62 bits per heavy atom. The smallest absolute Gasteiger partial charge is 0.549 e. The third-order valence-electron chi connectivity index (χ3n) is 1.44. The first-order valence-corrected chi connectivity index (χ1v) is 5.05. The van der Waals surface area contributed by atoms with Crippen molar-refractivity contribution in [3.8, 4) is 0 Å². The predicted octanol–water partition coefficient (Wildman–Crippen LogP) is -5.36. The fourth-order valence-corrected chi connectivity index (χ4v) is 2.19. The summed E-state index contributed by atoms with van der Waals surface area (Å²) in [4.78, 5) is 9.97. The maximum absolute atomic E-state index is 10.8. The van der Waals surface area contributed by atoms with Crippen LogP contribution in [0.25, 0.3) is 0 Å². The van der Waals surface area contributed by atoms with Gasteiger partial charge in [0.05, 0.1) is 11.7 Å². The zero-order valence-corrected chi connectivity index (χ0v) is 11.1. The van der Waals surface area contributed by atoms with Crippen LogP contribution < -0.4 is 61.8 Å². The molecule has 0 saturated carbocycles. The van der Waals surface area contributed by atoms with E-state index in [1.807, 2.05) is 0 Å². The van der Waals surface area contributed by atoms with E-state index in [4.69, 9.17) is 0 Å². The fourth-order valence-electron chi connectivity index (χ4n) is 0.917. The van der Waals surface area contributed by atoms with Crippen molar-refractivity contribution >= 4 is 15.8 Å². The van der Waals surface area contributed by atoms with Gasteiger partial charge in [0.2, 0.25) is 0 Å². The zero-order valence-electron chi connectivity index (χ0n) is 7.19. The molecule has 0 amide bonds. The van der Waals surface area contributed by atoms with E-state index in [0.29, 0.717) is 0 Å². The summed E-state index contributed by atoms with van der Waals surface area (Å²) >= 11 is 0. The van der Waals surface area contributed by atoms with Crippen LogP contribution in [0.1, 0.15) is 0 Å². The molecule has 1 heterocycles. The second-order valence-corrected chi connectivity index (χ2v) is 4.45. The van der Waals surface area contributed by atoms with E-state index in [1.54, 1.807) is 0 Å². The molecule has 1 N–H and O–H groups in total. The number of hydrogen-bond donors (Lipinski definition) is 1. The Kier molecular flexibility index (Phi) is 5.92. The van der Waals surface area contributed by atoms with Gasteiger partial charge in [-0.1, -0.05) is 6.08 Å². The molecule has 0 fully saturated rings. The molecule has 0 aromatic heterocycles. The van der Waals surface area contributed by atoms with Crippen LogP contribution in [0.15, 0.2) is 11.5 Å². The maximum Gasteiger partial charge on any atom is 1.00 e. The molecule has 5 nitrogen and oxygen atoms in total. The molecule has 7 heteroatoms. The van der Waals surface area contributed by atoms with Gasteiger partial charge in [0.25, 0.3) is 0 Å². The molecule has 1 aliphatic rings. The summed E-state index contributed by atoms with van der Waals surface area (Å²) in [5, 5.41) is 13.6. The van der Waals surface area contributed by atoms with E-state index in [0.717, 1.165) is 5.41 Å². The Balaban J connectivity index is 0.00000144. The SMILES string of the molecule is O=C([O-])CNC1C=CS(=O)(=O)C1.[K+]. The van der Waals surface area contributed by atoms with E-state index < -0.39 is 21.8 Å². The number of carboxylic acid groups (broad SMARTS) is 1.